The van der Waals surface area contributed by atoms with Crippen molar-refractivity contribution in [3.63, 3.8) is 0 Å². The van der Waals surface area contributed by atoms with Gasteiger partial charge in [-0.1, -0.05) is 12.1 Å². The van der Waals surface area contributed by atoms with Crippen LogP contribution in [0, 0.1) is 5.82 Å². The van der Waals surface area contributed by atoms with Crippen molar-refractivity contribution < 1.29 is 22.4 Å². The van der Waals surface area contributed by atoms with Crippen molar-refractivity contribution in [2.45, 2.75) is 44.4 Å². The molecule has 1 aliphatic rings. The highest BCUT2D eigenvalue weighted by atomic mass is 79.9. The monoisotopic (exact) mass is 499 g/mol. The Labute approximate surface area is 183 Å². The van der Waals surface area contributed by atoms with Crippen LogP contribution in [0.15, 0.2) is 41.0 Å². The van der Waals surface area contributed by atoms with Gasteiger partial charge >= 0.3 is 6.18 Å². The fourth-order valence-electron chi connectivity index (χ4n) is 3.31. The van der Waals surface area contributed by atoms with Gasteiger partial charge in [0.25, 0.3) is 0 Å². The first kappa shape index (κ1) is 21.5. The largest absolute Gasteiger partial charge is 0.436 e. The zero-order valence-corrected chi connectivity index (χ0v) is 17.9. The quantitative estimate of drug-likeness (QED) is 0.478. The number of carbonyl (C=O) groups excluding carboxylic acids is 1. The molecule has 0 spiro atoms. The van der Waals surface area contributed by atoms with Crippen LogP contribution in [0.1, 0.15) is 48.7 Å². The molecule has 0 bridgehead atoms. The predicted octanol–water partition coefficient (Wildman–Crippen LogP) is 5.13. The number of nitrogens with one attached hydrogen (secondary N) is 1. The van der Waals surface area contributed by atoms with Crippen molar-refractivity contribution in [2.75, 3.05) is 5.32 Å². The molecule has 1 saturated carbocycles. The SMILES string of the molecule is CC(C(=O)Nc1ccn(Cc2cccc(F)c2)n1)n1nc(C(F)(F)F)c(Br)c1C1CC1. The van der Waals surface area contributed by atoms with Gasteiger partial charge in [0, 0.05) is 18.2 Å². The van der Waals surface area contributed by atoms with Crippen LogP contribution in [-0.4, -0.2) is 25.5 Å². The molecule has 164 valence electrons. The summed E-state index contributed by atoms with van der Waals surface area (Å²) in [6, 6.07) is 6.65. The van der Waals surface area contributed by atoms with Gasteiger partial charge in [-0.15, -0.1) is 0 Å². The van der Waals surface area contributed by atoms with E-state index in [2.05, 4.69) is 31.4 Å². The number of hydrogen-bond donors (Lipinski definition) is 1. The molecule has 1 aliphatic carbocycles. The normalized spacial score (nSPS) is 15.2. The highest BCUT2D eigenvalue weighted by molar-refractivity contribution is 9.10. The molecular formula is C20H18BrF4N5O. The van der Waals surface area contributed by atoms with Crippen molar-refractivity contribution in [1.29, 1.82) is 0 Å². The first-order valence-corrected chi connectivity index (χ1v) is 10.4. The van der Waals surface area contributed by atoms with E-state index in [9.17, 15) is 22.4 Å². The summed E-state index contributed by atoms with van der Waals surface area (Å²) in [5, 5.41) is 10.5. The molecule has 1 fully saturated rings. The van der Waals surface area contributed by atoms with E-state index in [0.717, 1.165) is 17.5 Å². The highest BCUT2D eigenvalue weighted by Crippen LogP contribution is 2.47. The Morgan fingerprint density at radius 1 is 1.29 bits per heavy atom. The Kier molecular flexibility index (Phi) is 5.63. The van der Waals surface area contributed by atoms with Crippen LogP contribution in [0.4, 0.5) is 23.4 Å². The van der Waals surface area contributed by atoms with Crippen molar-refractivity contribution in [3.05, 3.63) is 63.8 Å². The van der Waals surface area contributed by atoms with Crippen LogP contribution in [0.2, 0.25) is 0 Å². The van der Waals surface area contributed by atoms with E-state index in [-0.39, 0.29) is 22.0 Å². The molecule has 1 unspecified atom stereocenters. The smallest absolute Gasteiger partial charge is 0.307 e. The van der Waals surface area contributed by atoms with Crippen molar-refractivity contribution in [2.24, 2.45) is 0 Å². The molecule has 0 radical (unpaired) electrons. The minimum Gasteiger partial charge on any atom is -0.307 e. The van der Waals surface area contributed by atoms with E-state index in [4.69, 9.17) is 0 Å². The molecule has 0 aliphatic heterocycles. The van der Waals surface area contributed by atoms with Crippen molar-refractivity contribution >= 4 is 27.7 Å². The summed E-state index contributed by atoms with van der Waals surface area (Å²) in [5.41, 5.74) is 0.0459. The minimum atomic E-state index is -4.63. The van der Waals surface area contributed by atoms with Crippen molar-refractivity contribution in [1.82, 2.24) is 19.6 Å². The number of carbonyl (C=O) groups is 1. The molecule has 3 aromatic rings. The molecule has 11 heteroatoms. The Morgan fingerprint density at radius 2 is 2.03 bits per heavy atom. The number of alkyl halides is 3. The third kappa shape index (κ3) is 4.65. The number of anilines is 1. The Morgan fingerprint density at radius 3 is 2.68 bits per heavy atom. The van der Waals surface area contributed by atoms with E-state index < -0.39 is 23.8 Å². The summed E-state index contributed by atoms with van der Waals surface area (Å²) in [5.74, 6) is -0.717. The van der Waals surface area contributed by atoms with Crippen LogP contribution in [-0.2, 0) is 17.5 Å². The number of aromatic nitrogens is 4. The lowest BCUT2D eigenvalue weighted by Gasteiger charge is -2.15. The summed E-state index contributed by atoms with van der Waals surface area (Å²) in [7, 11) is 0. The predicted molar refractivity (Wildman–Crippen MR) is 108 cm³/mol. The molecule has 1 amide bonds. The van der Waals surface area contributed by atoms with E-state index in [0.29, 0.717) is 17.8 Å². The third-order valence-corrected chi connectivity index (χ3v) is 5.77. The van der Waals surface area contributed by atoms with Crippen LogP contribution in [0.5, 0.6) is 0 Å². The van der Waals surface area contributed by atoms with Gasteiger partial charge in [-0.05, 0) is 53.4 Å². The fourth-order valence-corrected chi connectivity index (χ4v) is 4.12. The Bertz CT molecular complexity index is 1120. The maximum Gasteiger partial charge on any atom is 0.436 e. The zero-order chi connectivity index (χ0) is 22.3. The second-order valence-electron chi connectivity index (χ2n) is 7.46. The molecule has 1 aromatic carbocycles. The maximum atomic E-state index is 13.3. The van der Waals surface area contributed by atoms with Crippen LogP contribution >= 0.6 is 15.9 Å². The van der Waals surface area contributed by atoms with Gasteiger partial charge in [0.2, 0.25) is 5.91 Å². The first-order valence-electron chi connectivity index (χ1n) is 9.57. The molecular weight excluding hydrogens is 482 g/mol. The molecule has 31 heavy (non-hydrogen) atoms. The second kappa shape index (κ2) is 8.10. The average Bonchev–Trinajstić information content (AvgIpc) is 3.33. The second-order valence-corrected chi connectivity index (χ2v) is 8.25. The van der Waals surface area contributed by atoms with E-state index >= 15 is 0 Å². The number of amides is 1. The van der Waals surface area contributed by atoms with Gasteiger partial charge in [0.05, 0.1) is 16.7 Å². The van der Waals surface area contributed by atoms with Crippen LogP contribution in [0.3, 0.4) is 0 Å². The van der Waals surface area contributed by atoms with Crippen LogP contribution in [0.25, 0.3) is 0 Å². The molecule has 4 rings (SSSR count). The Hall–Kier alpha value is -2.69. The molecule has 2 heterocycles. The number of benzene rings is 1. The summed E-state index contributed by atoms with van der Waals surface area (Å²) >= 11 is 3.03. The third-order valence-electron chi connectivity index (χ3n) is 4.99. The standard InChI is InChI=1S/C20H18BrF4N5O/c1-11(30-17(13-5-6-13)16(21)18(28-30)20(23,24)25)19(31)26-15-7-8-29(27-15)10-12-3-2-4-14(22)9-12/h2-4,7-9,11,13H,5-6,10H2,1H3,(H,26,27,31). The molecule has 1 N–H and O–H groups in total. The number of rotatable bonds is 6. The molecule has 1 atom stereocenters. The van der Waals surface area contributed by atoms with Gasteiger partial charge in [-0.2, -0.15) is 23.4 Å². The van der Waals surface area contributed by atoms with Gasteiger partial charge in [0.15, 0.2) is 11.5 Å². The summed E-state index contributed by atoms with van der Waals surface area (Å²) in [6.45, 7) is 1.79. The summed E-state index contributed by atoms with van der Waals surface area (Å²) in [6.07, 6.45) is -1.51. The van der Waals surface area contributed by atoms with E-state index in [1.807, 2.05) is 0 Å². The lowest BCUT2D eigenvalue weighted by atomic mass is 10.2. The van der Waals surface area contributed by atoms with Gasteiger partial charge in [-0.25, -0.2) is 4.39 Å². The fraction of sp³-hybridized carbons (Fsp3) is 0.350. The number of nitrogens with zero attached hydrogens (tertiary/aromatic N) is 4. The zero-order valence-electron chi connectivity index (χ0n) is 16.3. The lowest BCUT2D eigenvalue weighted by molar-refractivity contribution is -0.142. The van der Waals surface area contributed by atoms with Crippen LogP contribution < -0.4 is 5.32 Å². The number of halogens is 5. The maximum absolute atomic E-state index is 13.3. The Balaban J connectivity index is 1.50. The van der Waals surface area contributed by atoms with Crippen molar-refractivity contribution in [3.8, 4) is 0 Å². The molecule has 0 saturated heterocycles. The van der Waals surface area contributed by atoms with E-state index in [1.165, 1.54) is 23.7 Å². The first-order chi connectivity index (χ1) is 14.6. The molecule has 2 aromatic heterocycles. The summed E-state index contributed by atoms with van der Waals surface area (Å²) < 4.78 is 55.8. The van der Waals surface area contributed by atoms with Gasteiger partial charge in [0.1, 0.15) is 11.9 Å². The highest BCUT2D eigenvalue weighted by Gasteiger charge is 2.43. The lowest BCUT2D eigenvalue weighted by Crippen LogP contribution is -2.26. The van der Waals surface area contributed by atoms with Gasteiger partial charge in [-0.3, -0.25) is 14.2 Å². The average molecular weight is 500 g/mol. The van der Waals surface area contributed by atoms with Gasteiger partial charge < -0.3 is 5.32 Å². The number of hydrogen-bond acceptors (Lipinski definition) is 3. The molecule has 6 nitrogen and oxygen atoms in total. The minimum absolute atomic E-state index is 0.0568. The summed E-state index contributed by atoms with van der Waals surface area (Å²) in [4.78, 5) is 12.7. The topological polar surface area (TPSA) is 64.7 Å². The van der Waals surface area contributed by atoms with E-state index in [1.54, 1.807) is 24.4 Å².